The first-order valence-corrected chi connectivity index (χ1v) is 7.46. The van der Waals surface area contributed by atoms with Crippen LogP contribution in [0.4, 0.5) is 4.79 Å². The lowest BCUT2D eigenvalue weighted by molar-refractivity contribution is 0.119. The fourth-order valence-corrected chi connectivity index (χ4v) is 2.72. The molecule has 1 fully saturated rings. The maximum absolute atomic E-state index is 12.3. The van der Waals surface area contributed by atoms with E-state index in [0.29, 0.717) is 18.8 Å². The third-order valence-electron chi connectivity index (χ3n) is 3.85. The normalized spacial score (nSPS) is 15.9. The first-order chi connectivity index (χ1) is 9.70. The van der Waals surface area contributed by atoms with Crippen LogP contribution in [0.15, 0.2) is 24.3 Å². The van der Waals surface area contributed by atoms with Gasteiger partial charge in [0.1, 0.15) is 5.75 Å². The van der Waals surface area contributed by atoms with Crippen molar-refractivity contribution in [2.45, 2.75) is 45.1 Å². The van der Waals surface area contributed by atoms with Crippen molar-refractivity contribution >= 4 is 6.09 Å². The van der Waals surface area contributed by atoms with Gasteiger partial charge in [-0.1, -0.05) is 37.0 Å². The summed E-state index contributed by atoms with van der Waals surface area (Å²) in [6.45, 7) is 3.04. The molecule has 0 spiro atoms. The molecular weight excluding hydrogens is 252 g/mol. The second kappa shape index (κ2) is 7.29. The molecular formula is C16H24N2O2. The lowest BCUT2D eigenvalue weighted by atomic mass is 9.94. The summed E-state index contributed by atoms with van der Waals surface area (Å²) in [4.78, 5) is 14.1. The van der Waals surface area contributed by atoms with Crippen LogP contribution in [0.5, 0.6) is 5.75 Å². The van der Waals surface area contributed by atoms with E-state index >= 15 is 0 Å². The van der Waals surface area contributed by atoms with Crippen molar-refractivity contribution in [3.8, 4) is 5.75 Å². The highest BCUT2D eigenvalue weighted by atomic mass is 16.6. The molecule has 4 nitrogen and oxygen atoms in total. The van der Waals surface area contributed by atoms with Crippen LogP contribution in [0.1, 0.15) is 37.7 Å². The average Bonchev–Trinajstić information content (AvgIpc) is 2.48. The Kier molecular flexibility index (Phi) is 5.41. The number of nitrogens with zero attached hydrogens (tertiary/aromatic N) is 1. The van der Waals surface area contributed by atoms with E-state index in [0.717, 1.165) is 18.4 Å². The SMILES string of the molecule is Cc1ccc(OC(=O)N(CCN)C2CCCCC2)cc1. The Bertz CT molecular complexity index is 425. The van der Waals surface area contributed by atoms with E-state index in [9.17, 15) is 4.79 Å². The molecule has 0 atom stereocenters. The molecule has 1 aromatic rings. The molecule has 1 aromatic carbocycles. The maximum Gasteiger partial charge on any atom is 0.415 e. The molecule has 0 aliphatic heterocycles. The summed E-state index contributed by atoms with van der Waals surface area (Å²) in [5.41, 5.74) is 6.79. The molecule has 2 N–H and O–H groups in total. The molecule has 20 heavy (non-hydrogen) atoms. The summed E-state index contributed by atoms with van der Waals surface area (Å²) in [7, 11) is 0. The topological polar surface area (TPSA) is 55.6 Å². The minimum absolute atomic E-state index is 0.272. The lowest BCUT2D eigenvalue weighted by Crippen LogP contribution is -2.45. The van der Waals surface area contributed by atoms with Crippen molar-refractivity contribution in [1.82, 2.24) is 4.90 Å². The number of nitrogens with two attached hydrogens (primary N) is 1. The average molecular weight is 276 g/mol. The highest BCUT2D eigenvalue weighted by Crippen LogP contribution is 2.23. The number of carbonyl (C=O) groups excluding carboxylic acids is 1. The van der Waals surface area contributed by atoms with Crippen LogP contribution < -0.4 is 10.5 Å². The van der Waals surface area contributed by atoms with Gasteiger partial charge in [0, 0.05) is 19.1 Å². The maximum atomic E-state index is 12.3. The van der Waals surface area contributed by atoms with Crippen molar-refractivity contribution in [3.05, 3.63) is 29.8 Å². The van der Waals surface area contributed by atoms with Crippen LogP contribution in [-0.4, -0.2) is 30.1 Å². The Morgan fingerprint density at radius 1 is 1.25 bits per heavy atom. The van der Waals surface area contributed by atoms with Crippen LogP contribution in [0.2, 0.25) is 0 Å². The van der Waals surface area contributed by atoms with Gasteiger partial charge in [0.25, 0.3) is 0 Å². The second-order valence-electron chi connectivity index (χ2n) is 5.45. The molecule has 0 heterocycles. The van der Waals surface area contributed by atoms with E-state index in [4.69, 9.17) is 10.5 Å². The predicted octanol–water partition coefficient (Wildman–Crippen LogP) is 3.09. The molecule has 1 amide bonds. The van der Waals surface area contributed by atoms with E-state index in [-0.39, 0.29) is 12.1 Å². The zero-order valence-electron chi connectivity index (χ0n) is 12.2. The van der Waals surface area contributed by atoms with E-state index in [1.54, 1.807) is 4.90 Å². The summed E-state index contributed by atoms with van der Waals surface area (Å²) in [5.74, 6) is 0.596. The van der Waals surface area contributed by atoms with Crippen molar-refractivity contribution in [1.29, 1.82) is 0 Å². The highest BCUT2D eigenvalue weighted by molar-refractivity contribution is 5.71. The number of carbonyl (C=O) groups is 1. The molecule has 1 saturated carbocycles. The first-order valence-electron chi connectivity index (χ1n) is 7.46. The van der Waals surface area contributed by atoms with Crippen molar-refractivity contribution in [2.75, 3.05) is 13.1 Å². The van der Waals surface area contributed by atoms with Crippen LogP contribution in [0.3, 0.4) is 0 Å². The Hall–Kier alpha value is -1.55. The van der Waals surface area contributed by atoms with Crippen molar-refractivity contribution in [2.24, 2.45) is 5.73 Å². The van der Waals surface area contributed by atoms with Gasteiger partial charge >= 0.3 is 6.09 Å². The van der Waals surface area contributed by atoms with Gasteiger partial charge in [-0.05, 0) is 31.9 Å². The summed E-state index contributed by atoms with van der Waals surface area (Å²) in [5, 5.41) is 0. The Balaban J connectivity index is 2.00. The molecule has 2 rings (SSSR count). The van der Waals surface area contributed by atoms with Crippen LogP contribution in [0, 0.1) is 6.92 Å². The van der Waals surface area contributed by atoms with Crippen LogP contribution in [0.25, 0.3) is 0 Å². The third kappa shape index (κ3) is 3.97. The number of benzene rings is 1. The third-order valence-corrected chi connectivity index (χ3v) is 3.85. The molecule has 1 aliphatic carbocycles. The fraction of sp³-hybridized carbons (Fsp3) is 0.562. The minimum Gasteiger partial charge on any atom is -0.410 e. The number of ether oxygens (including phenoxy) is 1. The Labute approximate surface area is 120 Å². The van der Waals surface area contributed by atoms with E-state index in [1.165, 1.54) is 19.3 Å². The highest BCUT2D eigenvalue weighted by Gasteiger charge is 2.26. The summed E-state index contributed by atoms with van der Waals surface area (Å²) < 4.78 is 5.47. The van der Waals surface area contributed by atoms with E-state index in [1.807, 2.05) is 31.2 Å². The monoisotopic (exact) mass is 276 g/mol. The van der Waals surface area contributed by atoms with Gasteiger partial charge < -0.3 is 15.4 Å². The van der Waals surface area contributed by atoms with Gasteiger partial charge in [-0.25, -0.2) is 4.79 Å². The summed E-state index contributed by atoms with van der Waals surface area (Å²) in [6.07, 6.45) is 5.48. The number of amides is 1. The molecule has 110 valence electrons. The molecule has 0 unspecified atom stereocenters. The number of rotatable bonds is 4. The number of hydrogen-bond acceptors (Lipinski definition) is 3. The second-order valence-corrected chi connectivity index (χ2v) is 5.45. The standard InChI is InChI=1S/C16H24N2O2/c1-13-7-9-15(10-8-13)20-16(19)18(12-11-17)14-5-3-2-4-6-14/h7-10,14H,2-6,11-12,17H2,1H3. The van der Waals surface area contributed by atoms with E-state index < -0.39 is 0 Å². The lowest BCUT2D eigenvalue weighted by Gasteiger charge is -2.33. The summed E-state index contributed by atoms with van der Waals surface area (Å²) in [6, 6.07) is 7.82. The van der Waals surface area contributed by atoms with Gasteiger partial charge in [-0.2, -0.15) is 0 Å². The Morgan fingerprint density at radius 3 is 2.50 bits per heavy atom. The molecule has 0 aromatic heterocycles. The summed E-state index contributed by atoms with van der Waals surface area (Å²) >= 11 is 0. The smallest absolute Gasteiger partial charge is 0.410 e. The largest absolute Gasteiger partial charge is 0.415 e. The zero-order chi connectivity index (χ0) is 14.4. The van der Waals surface area contributed by atoms with Crippen molar-refractivity contribution < 1.29 is 9.53 Å². The number of hydrogen-bond donors (Lipinski definition) is 1. The van der Waals surface area contributed by atoms with Gasteiger partial charge in [-0.15, -0.1) is 0 Å². The van der Waals surface area contributed by atoms with Crippen LogP contribution >= 0.6 is 0 Å². The molecule has 0 bridgehead atoms. The van der Waals surface area contributed by atoms with Gasteiger partial charge in [0.15, 0.2) is 0 Å². The Morgan fingerprint density at radius 2 is 1.90 bits per heavy atom. The molecule has 1 aliphatic rings. The minimum atomic E-state index is -0.272. The quantitative estimate of drug-likeness (QED) is 0.919. The molecule has 0 saturated heterocycles. The van der Waals surface area contributed by atoms with Gasteiger partial charge in [-0.3, -0.25) is 0 Å². The van der Waals surface area contributed by atoms with Crippen molar-refractivity contribution in [3.63, 3.8) is 0 Å². The fourth-order valence-electron chi connectivity index (χ4n) is 2.72. The van der Waals surface area contributed by atoms with Gasteiger partial charge in [0.2, 0.25) is 0 Å². The van der Waals surface area contributed by atoms with Gasteiger partial charge in [0.05, 0.1) is 0 Å². The molecule has 4 heteroatoms. The zero-order valence-corrected chi connectivity index (χ0v) is 12.2. The van der Waals surface area contributed by atoms with Crippen LogP contribution in [-0.2, 0) is 0 Å². The number of aryl methyl sites for hydroxylation is 1. The van der Waals surface area contributed by atoms with E-state index in [2.05, 4.69) is 0 Å². The first kappa shape index (κ1) is 14.9. The molecule has 0 radical (unpaired) electrons. The predicted molar refractivity (Wildman–Crippen MR) is 79.8 cm³/mol.